The molecule has 2 amide bonds. The molecule has 0 aliphatic carbocycles. The molecule has 2 aliphatic heterocycles. The third-order valence-corrected chi connectivity index (χ3v) is 8.42. The van der Waals surface area contributed by atoms with Crippen molar-refractivity contribution in [3.8, 4) is 0 Å². The van der Waals surface area contributed by atoms with Crippen LogP contribution in [0.3, 0.4) is 0 Å². The standard InChI is InChI=1S/C29H28N4O5S/c1-17-16-39-28-24(27(36)33(28)23(17)29(37)38)32(26(35)22(30)19-10-6-3-7-11-19)15-20-12-13-21(31-25(20)34)14-18-8-4-2-5-9-18/h2-13,22,24,28H,14-16,30H2,1H3,(H,31,34)(H,37,38)/t22-,24-,28-/m1/s1. The van der Waals surface area contributed by atoms with Gasteiger partial charge in [-0.2, -0.15) is 0 Å². The van der Waals surface area contributed by atoms with Crippen LogP contribution in [-0.2, 0) is 27.3 Å². The second-order valence-corrected chi connectivity index (χ2v) is 10.7. The Kier molecular flexibility index (Phi) is 7.40. The number of thioether (sulfide) groups is 1. The number of β-lactam (4-membered cyclic amide) rings is 1. The summed E-state index contributed by atoms with van der Waals surface area (Å²) in [4.78, 5) is 57.6. The van der Waals surface area contributed by atoms with E-state index in [1.807, 2.05) is 36.4 Å². The minimum absolute atomic E-state index is 0.0529. The number of amides is 2. The lowest BCUT2D eigenvalue weighted by molar-refractivity contribution is -0.161. The summed E-state index contributed by atoms with van der Waals surface area (Å²) in [6.07, 6.45) is 0.538. The molecule has 1 fully saturated rings. The molecule has 39 heavy (non-hydrogen) atoms. The Morgan fingerprint density at radius 3 is 2.38 bits per heavy atom. The van der Waals surface area contributed by atoms with Crippen LogP contribution in [0.5, 0.6) is 0 Å². The Balaban J connectivity index is 1.45. The van der Waals surface area contributed by atoms with Crippen molar-refractivity contribution in [1.82, 2.24) is 14.8 Å². The lowest BCUT2D eigenvalue weighted by Crippen LogP contribution is -2.71. The molecule has 1 aromatic heterocycles. The smallest absolute Gasteiger partial charge is 0.352 e. The second-order valence-electron chi connectivity index (χ2n) is 9.64. The van der Waals surface area contributed by atoms with Gasteiger partial charge >= 0.3 is 5.97 Å². The van der Waals surface area contributed by atoms with Crippen molar-refractivity contribution < 1.29 is 19.5 Å². The maximum atomic E-state index is 13.8. The Hall–Kier alpha value is -4.15. The van der Waals surface area contributed by atoms with Crippen LogP contribution < -0.4 is 11.3 Å². The molecular formula is C29H28N4O5S. The van der Waals surface area contributed by atoms with Gasteiger partial charge in [-0.1, -0.05) is 60.7 Å². The van der Waals surface area contributed by atoms with Gasteiger partial charge in [0.1, 0.15) is 23.2 Å². The molecule has 0 bridgehead atoms. The predicted molar refractivity (Wildman–Crippen MR) is 147 cm³/mol. The summed E-state index contributed by atoms with van der Waals surface area (Å²) in [6, 6.07) is 19.9. The van der Waals surface area contributed by atoms with E-state index in [1.54, 1.807) is 43.3 Å². The van der Waals surface area contributed by atoms with Crippen molar-refractivity contribution in [2.24, 2.45) is 5.73 Å². The largest absolute Gasteiger partial charge is 0.477 e. The molecule has 10 heteroatoms. The van der Waals surface area contributed by atoms with E-state index in [2.05, 4.69) is 4.98 Å². The first kappa shape index (κ1) is 26.5. The first-order valence-corrected chi connectivity index (χ1v) is 13.5. The molecule has 3 heterocycles. The molecule has 2 aliphatic rings. The SMILES string of the molecule is CC1=C(C(=O)O)N2C(=O)[C@@H](N(Cc3ccc(Cc4ccccc4)[nH]c3=O)C(=O)[C@H](N)c3ccccc3)[C@H]2SC1. The molecule has 0 radical (unpaired) electrons. The van der Waals surface area contributed by atoms with E-state index in [1.165, 1.54) is 21.6 Å². The molecule has 3 atom stereocenters. The number of carboxylic acid groups (broad SMARTS) is 1. The molecule has 3 aromatic rings. The van der Waals surface area contributed by atoms with Crippen molar-refractivity contribution in [1.29, 1.82) is 0 Å². The summed E-state index contributed by atoms with van der Waals surface area (Å²) in [5.41, 5.74) is 9.15. The number of nitrogens with one attached hydrogen (secondary N) is 1. The van der Waals surface area contributed by atoms with E-state index in [-0.39, 0.29) is 17.8 Å². The van der Waals surface area contributed by atoms with Crippen LogP contribution in [0.4, 0.5) is 0 Å². The lowest BCUT2D eigenvalue weighted by Gasteiger charge is -2.53. The number of carbonyl (C=O) groups is 3. The van der Waals surface area contributed by atoms with Crippen molar-refractivity contribution in [3.05, 3.63) is 117 Å². The van der Waals surface area contributed by atoms with Crippen LogP contribution in [0.2, 0.25) is 0 Å². The highest BCUT2D eigenvalue weighted by Crippen LogP contribution is 2.43. The zero-order valence-corrected chi connectivity index (χ0v) is 22.1. The van der Waals surface area contributed by atoms with Crippen molar-refractivity contribution >= 4 is 29.5 Å². The van der Waals surface area contributed by atoms with Gasteiger partial charge in [0.15, 0.2) is 0 Å². The average molecular weight is 545 g/mol. The number of aromatic amines is 1. The topological polar surface area (TPSA) is 137 Å². The molecule has 0 saturated carbocycles. The van der Waals surface area contributed by atoms with Gasteiger partial charge in [-0.15, -0.1) is 11.8 Å². The number of fused-ring (bicyclic) bond motifs is 1. The maximum Gasteiger partial charge on any atom is 0.352 e. The molecule has 5 rings (SSSR count). The Morgan fingerprint density at radius 1 is 1.08 bits per heavy atom. The first-order valence-electron chi connectivity index (χ1n) is 12.5. The first-order chi connectivity index (χ1) is 18.8. The number of carbonyl (C=O) groups excluding carboxylic acids is 2. The highest BCUT2D eigenvalue weighted by molar-refractivity contribution is 8.00. The van der Waals surface area contributed by atoms with Gasteiger partial charge in [0.05, 0.1) is 6.54 Å². The number of H-pyrrole nitrogens is 1. The number of rotatable bonds is 8. The van der Waals surface area contributed by atoms with Crippen LogP contribution in [0.1, 0.15) is 35.3 Å². The Morgan fingerprint density at radius 2 is 1.74 bits per heavy atom. The number of aliphatic carboxylic acids is 1. The fraction of sp³-hybridized carbons (Fsp3) is 0.241. The number of hydrogen-bond donors (Lipinski definition) is 3. The quantitative estimate of drug-likeness (QED) is 0.371. The predicted octanol–water partition coefficient (Wildman–Crippen LogP) is 2.64. The van der Waals surface area contributed by atoms with Crippen LogP contribution >= 0.6 is 11.8 Å². The zero-order chi connectivity index (χ0) is 27.7. The monoisotopic (exact) mass is 544 g/mol. The minimum Gasteiger partial charge on any atom is -0.477 e. The summed E-state index contributed by atoms with van der Waals surface area (Å²) in [6.45, 7) is 1.53. The summed E-state index contributed by atoms with van der Waals surface area (Å²) >= 11 is 1.39. The number of hydrogen-bond acceptors (Lipinski definition) is 6. The summed E-state index contributed by atoms with van der Waals surface area (Å²) in [7, 11) is 0. The third-order valence-electron chi connectivity index (χ3n) is 7.01. The number of benzene rings is 2. The van der Waals surface area contributed by atoms with Gasteiger partial charge < -0.3 is 20.7 Å². The summed E-state index contributed by atoms with van der Waals surface area (Å²) in [5, 5.41) is 9.13. The average Bonchev–Trinajstić information content (AvgIpc) is 2.94. The molecule has 4 N–H and O–H groups in total. The van der Waals surface area contributed by atoms with Crippen molar-refractivity contribution in [2.75, 3.05) is 5.75 Å². The molecule has 9 nitrogen and oxygen atoms in total. The minimum atomic E-state index is -1.19. The van der Waals surface area contributed by atoms with Gasteiger partial charge in [0.25, 0.3) is 11.5 Å². The van der Waals surface area contributed by atoms with Gasteiger partial charge in [0, 0.05) is 23.4 Å². The van der Waals surface area contributed by atoms with Gasteiger partial charge in [0.2, 0.25) is 5.91 Å². The third kappa shape index (κ3) is 5.13. The number of pyridine rings is 1. The number of nitrogens with zero attached hydrogens (tertiary/aromatic N) is 2. The molecule has 0 unspecified atom stereocenters. The Labute approximate surface area is 229 Å². The fourth-order valence-corrected chi connectivity index (χ4v) is 6.34. The van der Waals surface area contributed by atoms with Gasteiger partial charge in [-0.25, -0.2) is 4.79 Å². The van der Waals surface area contributed by atoms with Crippen molar-refractivity contribution in [2.45, 2.75) is 37.3 Å². The molecule has 200 valence electrons. The van der Waals surface area contributed by atoms with Crippen LogP contribution in [-0.4, -0.2) is 54.8 Å². The molecule has 1 saturated heterocycles. The molecular weight excluding hydrogens is 516 g/mol. The number of carboxylic acids is 1. The molecule has 2 aromatic carbocycles. The van der Waals surface area contributed by atoms with E-state index in [4.69, 9.17) is 5.73 Å². The second kappa shape index (κ2) is 10.9. The van der Waals surface area contributed by atoms with Gasteiger partial charge in [-0.3, -0.25) is 19.3 Å². The highest BCUT2D eigenvalue weighted by Gasteiger charge is 2.57. The Bertz CT molecular complexity index is 1500. The summed E-state index contributed by atoms with van der Waals surface area (Å²) < 4.78 is 0. The van der Waals surface area contributed by atoms with E-state index in [0.29, 0.717) is 34.6 Å². The van der Waals surface area contributed by atoms with Gasteiger partial charge in [-0.05, 0) is 35.8 Å². The molecule has 0 spiro atoms. The van der Waals surface area contributed by atoms with Crippen LogP contribution in [0, 0.1) is 0 Å². The highest BCUT2D eigenvalue weighted by atomic mass is 32.2. The van der Waals surface area contributed by atoms with Crippen molar-refractivity contribution in [3.63, 3.8) is 0 Å². The summed E-state index contributed by atoms with van der Waals surface area (Å²) in [5.74, 6) is -1.80. The normalized spacial score (nSPS) is 19.2. The number of aromatic nitrogens is 1. The number of nitrogens with two attached hydrogens (primary N) is 1. The van der Waals surface area contributed by atoms with Crippen LogP contribution in [0.15, 0.2) is 88.9 Å². The van der Waals surface area contributed by atoms with E-state index >= 15 is 0 Å². The van der Waals surface area contributed by atoms with E-state index in [9.17, 15) is 24.3 Å². The van der Waals surface area contributed by atoms with E-state index in [0.717, 1.165) is 5.56 Å². The van der Waals surface area contributed by atoms with Crippen LogP contribution in [0.25, 0.3) is 0 Å². The zero-order valence-electron chi connectivity index (χ0n) is 21.2. The maximum absolute atomic E-state index is 13.8. The lowest BCUT2D eigenvalue weighted by atomic mass is 9.98. The van der Waals surface area contributed by atoms with E-state index < -0.39 is 35.2 Å². The fourth-order valence-electron chi connectivity index (χ4n) is 4.98.